The third kappa shape index (κ3) is 2.72. The molecule has 4 aliphatic carbocycles. The monoisotopic (exact) mass is 404 g/mol. The molecule has 0 aromatic heterocycles. The van der Waals surface area contributed by atoms with Gasteiger partial charge in [-0.05, 0) is 74.5 Å². The van der Waals surface area contributed by atoms with Gasteiger partial charge in [-0.3, -0.25) is 14.4 Å². The molecule has 0 unspecified atom stereocenters. The lowest BCUT2D eigenvalue weighted by atomic mass is 9.44. The van der Waals surface area contributed by atoms with Gasteiger partial charge in [0, 0.05) is 24.7 Å². The minimum absolute atomic E-state index is 0.000823. The zero-order valence-electron chi connectivity index (χ0n) is 18.5. The lowest BCUT2D eigenvalue weighted by molar-refractivity contribution is -0.183. The summed E-state index contributed by atoms with van der Waals surface area (Å²) in [6, 6.07) is 0. The lowest BCUT2D eigenvalue weighted by Gasteiger charge is -2.60. The summed E-state index contributed by atoms with van der Waals surface area (Å²) in [6.07, 6.45) is 5.65. The van der Waals surface area contributed by atoms with Crippen LogP contribution in [0.4, 0.5) is 0 Å². The van der Waals surface area contributed by atoms with Gasteiger partial charge in [0.15, 0.2) is 5.78 Å². The molecule has 162 valence electrons. The van der Waals surface area contributed by atoms with Gasteiger partial charge < -0.3 is 9.84 Å². The van der Waals surface area contributed by atoms with Crippen molar-refractivity contribution in [3.63, 3.8) is 0 Å². The van der Waals surface area contributed by atoms with Crippen molar-refractivity contribution in [1.82, 2.24) is 0 Å². The zero-order valence-corrected chi connectivity index (χ0v) is 18.5. The second kappa shape index (κ2) is 6.63. The number of aliphatic hydroxyl groups is 1. The van der Waals surface area contributed by atoms with E-state index in [2.05, 4.69) is 6.92 Å². The maximum absolute atomic E-state index is 13.6. The predicted molar refractivity (Wildman–Crippen MR) is 108 cm³/mol. The Morgan fingerprint density at radius 2 is 1.79 bits per heavy atom. The van der Waals surface area contributed by atoms with E-state index in [0.29, 0.717) is 12.3 Å². The molecule has 4 rings (SSSR count). The summed E-state index contributed by atoms with van der Waals surface area (Å²) in [6.45, 7) is 9.18. The molecule has 0 spiro atoms. The standard InChI is InChI=1S/C24H36O5/c1-13-10-19-18-7-6-16-11-17(29-15(3)26)8-9-22(16,4)21(18)20(27)12-23(19,5)24(13,28)14(2)25/h13,16-19,21,28H,6-12H2,1-5H3/t13-,16-,17-,18-,19-,21+,22-,23-,24-/m0/s1. The molecule has 0 radical (unpaired) electrons. The highest BCUT2D eigenvalue weighted by Crippen LogP contribution is 2.68. The van der Waals surface area contributed by atoms with E-state index in [1.54, 1.807) is 0 Å². The van der Waals surface area contributed by atoms with Crippen molar-refractivity contribution in [1.29, 1.82) is 0 Å². The number of ether oxygens (including phenoxy) is 1. The molecular weight excluding hydrogens is 368 g/mol. The number of carbonyl (C=O) groups is 3. The summed E-state index contributed by atoms with van der Waals surface area (Å²) in [5.74, 6) is 0.539. The van der Waals surface area contributed by atoms with Crippen LogP contribution in [0, 0.1) is 40.4 Å². The van der Waals surface area contributed by atoms with Gasteiger partial charge in [-0.15, -0.1) is 0 Å². The topological polar surface area (TPSA) is 80.7 Å². The Balaban J connectivity index is 1.65. The molecule has 4 saturated carbocycles. The zero-order chi connectivity index (χ0) is 21.4. The first-order valence-corrected chi connectivity index (χ1v) is 11.4. The van der Waals surface area contributed by atoms with E-state index in [0.717, 1.165) is 38.5 Å². The molecule has 5 nitrogen and oxygen atoms in total. The van der Waals surface area contributed by atoms with Crippen molar-refractivity contribution in [2.75, 3.05) is 0 Å². The van der Waals surface area contributed by atoms with Crippen molar-refractivity contribution >= 4 is 17.5 Å². The molecule has 0 aliphatic heterocycles. The van der Waals surface area contributed by atoms with Gasteiger partial charge >= 0.3 is 5.97 Å². The van der Waals surface area contributed by atoms with Gasteiger partial charge in [0.1, 0.15) is 17.5 Å². The van der Waals surface area contributed by atoms with E-state index in [9.17, 15) is 19.5 Å². The first kappa shape index (κ1) is 21.0. The van der Waals surface area contributed by atoms with Crippen LogP contribution in [0.15, 0.2) is 0 Å². The fourth-order valence-electron chi connectivity index (χ4n) is 8.46. The maximum atomic E-state index is 13.6. The lowest BCUT2D eigenvalue weighted by Crippen LogP contribution is -2.62. The summed E-state index contributed by atoms with van der Waals surface area (Å²) < 4.78 is 5.51. The first-order valence-electron chi connectivity index (χ1n) is 11.4. The Kier molecular flexibility index (Phi) is 4.81. The SMILES string of the molecule is CC(=O)O[C@H]1CC[C@@]2(C)[C@@H](CC[C@@H]3[C@@H]2C(=O)C[C@@]2(C)[C@H]3C[C@H](C)[C@]2(O)C(C)=O)C1. The van der Waals surface area contributed by atoms with Crippen LogP contribution in [0.3, 0.4) is 0 Å². The molecule has 0 heterocycles. The smallest absolute Gasteiger partial charge is 0.302 e. The normalized spacial score (nSPS) is 51.6. The summed E-state index contributed by atoms with van der Waals surface area (Å²) in [7, 11) is 0. The average molecular weight is 405 g/mol. The van der Waals surface area contributed by atoms with Crippen molar-refractivity contribution in [3.8, 4) is 0 Å². The van der Waals surface area contributed by atoms with Crippen LogP contribution in [-0.2, 0) is 19.1 Å². The minimum Gasteiger partial charge on any atom is -0.463 e. The van der Waals surface area contributed by atoms with E-state index in [-0.39, 0.29) is 52.7 Å². The van der Waals surface area contributed by atoms with Gasteiger partial charge in [0.25, 0.3) is 0 Å². The van der Waals surface area contributed by atoms with E-state index in [4.69, 9.17) is 4.74 Å². The van der Waals surface area contributed by atoms with Gasteiger partial charge in [0.2, 0.25) is 0 Å². The second-order valence-electron chi connectivity index (χ2n) is 11.1. The van der Waals surface area contributed by atoms with Crippen LogP contribution in [0.25, 0.3) is 0 Å². The Bertz CT molecular complexity index is 746. The molecule has 0 amide bonds. The Morgan fingerprint density at radius 1 is 1.10 bits per heavy atom. The van der Waals surface area contributed by atoms with Gasteiger partial charge in [0.05, 0.1) is 0 Å². The molecule has 5 heteroatoms. The number of carbonyl (C=O) groups excluding carboxylic acids is 3. The quantitative estimate of drug-likeness (QED) is 0.710. The molecule has 29 heavy (non-hydrogen) atoms. The molecular formula is C24H36O5. The third-order valence-corrected chi connectivity index (χ3v) is 9.76. The van der Waals surface area contributed by atoms with Crippen molar-refractivity contribution in [2.45, 2.75) is 91.3 Å². The number of ketones is 2. The number of rotatable bonds is 2. The van der Waals surface area contributed by atoms with Crippen LogP contribution in [0.5, 0.6) is 0 Å². The molecule has 9 atom stereocenters. The third-order valence-electron chi connectivity index (χ3n) is 9.76. The summed E-state index contributed by atoms with van der Waals surface area (Å²) in [5, 5.41) is 11.5. The van der Waals surface area contributed by atoms with E-state index in [1.807, 2.05) is 13.8 Å². The fourth-order valence-corrected chi connectivity index (χ4v) is 8.46. The number of fused-ring (bicyclic) bond motifs is 5. The molecule has 0 aromatic rings. The molecule has 1 N–H and O–H groups in total. The molecule has 4 aliphatic rings. The van der Waals surface area contributed by atoms with Crippen molar-refractivity contribution in [3.05, 3.63) is 0 Å². The number of hydrogen-bond acceptors (Lipinski definition) is 5. The summed E-state index contributed by atoms with van der Waals surface area (Å²) in [5.41, 5.74) is -2.13. The predicted octanol–water partition coefficient (Wildman–Crippen LogP) is 3.71. The summed E-state index contributed by atoms with van der Waals surface area (Å²) in [4.78, 5) is 37.5. The minimum atomic E-state index is -1.40. The first-order chi connectivity index (χ1) is 13.4. The van der Waals surface area contributed by atoms with Crippen LogP contribution in [0.1, 0.15) is 79.6 Å². The van der Waals surface area contributed by atoms with Crippen molar-refractivity contribution < 1.29 is 24.2 Å². The number of esters is 1. The number of hydrogen-bond donors (Lipinski definition) is 1. The molecule has 0 saturated heterocycles. The van der Waals surface area contributed by atoms with E-state index >= 15 is 0 Å². The Hall–Kier alpha value is -1.23. The Morgan fingerprint density at radius 3 is 2.41 bits per heavy atom. The summed E-state index contributed by atoms with van der Waals surface area (Å²) >= 11 is 0. The van der Waals surface area contributed by atoms with Gasteiger partial charge in [-0.1, -0.05) is 20.8 Å². The van der Waals surface area contributed by atoms with Crippen LogP contribution in [-0.4, -0.2) is 34.3 Å². The largest absolute Gasteiger partial charge is 0.463 e. The van der Waals surface area contributed by atoms with E-state index < -0.39 is 11.0 Å². The number of Topliss-reactive ketones (excluding diaryl/α,β-unsaturated/α-hetero) is 2. The molecule has 0 aromatic carbocycles. The fraction of sp³-hybridized carbons (Fsp3) is 0.875. The molecule has 0 bridgehead atoms. The highest BCUT2D eigenvalue weighted by Gasteiger charge is 2.70. The van der Waals surface area contributed by atoms with Crippen LogP contribution < -0.4 is 0 Å². The van der Waals surface area contributed by atoms with Crippen molar-refractivity contribution in [2.24, 2.45) is 40.4 Å². The van der Waals surface area contributed by atoms with Gasteiger partial charge in [-0.25, -0.2) is 0 Å². The van der Waals surface area contributed by atoms with Crippen LogP contribution >= 0.6 is 0 Å². The van der Waals surface area contributed by atoms with Crippen LogP contribution in [0.2, 0.25) is 0 Å². The highest BCUT2D eigenvalue weighted by atomic mass is 16.5. The maximum Gasteiger partial charge on any atom is 0.302 e. The Labute approximate surface area is 174 Å². The van der Waals surface area contributed by atoms with Gasteiger partial charge in [-0.2, -0.15) is 0 Å². The molecule has 4 fully saturated rings. The van der Waals surface area contributed by atoms with E-state index in [1.165, 1.54) is 13.8 Å². The average Bonchev–Trinajstić information content (AvgIpc) is 2.82. The second-order valence-corrected chi connectivity index (χ2v) is 11.1. The highest BCUT2D eigenvalue weighted by molar-refractivity contribution is 5.90.